The second kappa shape index (κ2) is 14.3. The Morgan fingerprint density at radius 2 is 1.51 bits per heavy atom. The summed E-state index contributed by atoms with van der Waals surface area (Å²) in [7, 11) is 0. The number of likely N-dealkylation sites (tertiary alicyclic amines) is 3. The van der Waals surface area contributed by atoms with Crippen LogP contribution in [0.2, 0.25) is 15.1 Å². The third kappa shape index (κ3) is 8.01. The Hall–Kier alpha value is -2.19. The Bertz CT molecular complexity index is 1210. The summed E-state index contributed by atoms with van der Waals surface area (Å²) in [6, 6.07) is 10.2. The van der Waals surface area contributed by atoms with Gasteiger partial charge in [0.2, 0.25) is 5.91 Å². The maximum absolute atomic E-state index is 13.8. The van der Waals surface area contributed by atoms with Gasteiger partial charge in [0.1, 0.15) is 18.4 Å². The first-order valence-electron chi connectivity index (χ1n) is 14.8. The van der Waals surface area contributed by atoms with Gasteiger partial charge in [-0.3, -0.25) is 9.69 Å². The molecule has 7 nitrogen and oxygen atoms in total. The van der Waals surface area contributed by atoms with Crippen LogP contribution in [0.3, 0.4) is 0 Å². The minimum absolute atomic E-state index is 0.0831. The lowest BCUT2D eigenvalue weighted by molar-refractivity contribution is -0.134. The van der Waals surface area contributed by atoms with Crippen molar-refractivity contribution >= 4 is 46.7 Å². The topological polar surface area (TPSA) is 65.1 Å². The monoisotopic (exact) mass is 620 g/mol. The van der Waals surface area contributed by atoms with Gasteiger partial charge in [-0.25, -0.2) is 4.79 Å². The van der Waals surface area contributed by atoms with Crippen molar-refractivity contribution in [2.45, 2.75) is 56.9 Å². The van der Waals surface area contributed by atoms with E-state index in [2.05, 4.69) is 16.3 Å². The molecule has 1 N–H and O–H groups in total. The lowest BCUT2D eigenvalue weighted by atomic mass is 9.88. The van der Waals surface area contributed by atoms with E-state index in [0.717, 1.165) is 62.2 Å². The highest BCUT2D eigenvalue weighted by Crippen LogP contribution is 2.36. The molecule has 3 aliphatic heterocycles. The van der Waals surface area contributed by atoms with Crippen LogP contribution >= 0.6 is 34.8 Å². The van der Waals surface area contributed by atoms with Crippen molar-refractivity contribution in [2.75, 3.05) is 52.4 Å². The van der Waals surface area contributed by atoms with E-state index in [4.69, 9.17) is 39.5 Å². The van der Waals surface area contributed by atoms with Gasteiger partial charge in [-0.2, -0.15) is 0 Å². The smallest absolute Gasteiger partial charge is 0.318 e. The van der Waals surface area contributed by atoms with Gasteiger partial charge in [0.25, 0.3) is 0 Å². The lowest BCUT2D eigenvalue weighted by Gasteiger charge is -2.35. The van der Waals surface area contributed by atoms with E-state index in [-0.39, 0.29) is 17.9 Å². The fraction of sp³-hybridized carbons (Fsp3) is 0.548. The number of carbonyl (C=O) groups is 2. The average molecular weight is 622 g/mol. The molecule has 10 heteroatoms. The number of amides is 3. The number of hydrogen-bond acceptors (Lipinski definition) is 4. The van der Waals surface area contributed by atoms with Crippen molar-refractivity contribution in [1.29, 1.82) is 0 Å². The van der Waals surface area contributed by atoms with E-state index in [1.165, 1.54) is 12.8 Å². The van der Waals surface area contributed by atoms with Crippen LogP contribution in [0.25, 0.3) is 0 Å². The molecule has 0 spiro atoms. The van der Waals surface area contributed by atoms with E-state index >= 15 is 0 Å². The van der Waals surface area contributed by atoms with Gasteiger partial charge in [0, 0.05) is 54.2 Å². The first kappa shape index (κ1) is 30.3. The molecule has 0 radical (unpaired) electrons. The van der Waals surface area contributed by atoms with Crippen LogP contribution in [0.1, 0.15) is 55.6 Å². The number of urea groups is 1. The molecule has 3 saturated heterocycles. The Morgan fingerprint density at radius 3 is 2.22 bits per heavy atom. The quantitative estimate of drug-likeness (QED) is 0.360. The second-order valence-electron chi connectivity index (χ2n) is 11.3. The highest BCUT2D eigenvalue weighted by molar-refractivity contribution is 6.35. The predicted octanol–water partition coefficient (Wildman–Crippen LogP) is 6.24. The maximum atomic E-state index is 13.8. The number of piperidine rings is 1. The molecule has 2 aromatic rings. The molecule has 0 unspecified atom stereocenters. The van der Waals surface area contributed by atoms with Crippen LogP contribution < -0.4 is 10.1 Å². The molecule has 3 fully saturated rings. The molecule has 0 bridgehead atoms. The van der Waals surface area contributed by atoms with Gasteiger partial charge < -0.3 is 19.9 Å². The summed E-state index contributed by atoms with van der Waals surface area (Å²) in [5.41, 5.74) is 1.93. The molecule has 1 atom stereocenters. The summed E-state index contributed by atoms with van der Waals surface area (Å²) in [5.74, 6) is 1.02. The molecule has 5 rings (SSSR count). The molecular weight excluding hydrogens is 583 g/mol. The zero-order valence-electron chi connectivity index (χ0n) is 23.4. The largest absolute Gasteiger partial charge is 0.492 e. The standard InChI is InChI=1S/C31H39Cl3N4O3/c32-24-6-5-23(27(34)20-24)19-28(35-31(40)38-13-3-4-14-38)30(39)37-15-9-22(10-16-37)26-8-7-25(33)21-29(26)41-18-17-36-11-1-2-12-36/h5-8,20-22,28H,1-4,9-19H2,(H,35,40)/t28-/m1/s1. The number of carbonyl (C=O) groups excluding carboxylic acids is 2. The Morgan fingerprint density at radius 1 is 0.854 bits per heavy atom. The minimum Gasteiger partial charge on any atom is -0.492 e. The highest BCUT2D eigenvalue weighted by atomic mass is 35.5. The molecule has 0 aliphatic carbocycles. The van der Waals surface area contributed by atoms with E-state index in [1.807, 2.05) is 23.1 Å². The van der Waals surface area contributed by atoms with Crippen LogP contribution in [0.15, 0.2) is 36.4 Å². The minimum atomic E-state index is -0.710. The van der Waals surface area contributed by atoms with Gasteiger partial charge >= 0.3 is 6.03 Å². The number of nitrogens with zero attached hydrogens (tertiary/aromatic N) is 3. The van der Waals surface area contributed by atoms with Crippen LogP contribution in [0.4, 0.5) is 4.79 Å². The molecule has 3 aliphatic rings. The van der Waals surface area contributed by atoms with Gasteiger partial charge in [-0.15, -0.1) is 0 Å². The summed E-state index contributed by atoms with van der Waals surface area (Å²) >= 11 is 18.9. The maximum Gasteiger partial charge on any atom is 0.318 e. The number of ether oxygens (including phenoxy) is 1. The number of halogens is 3. The van der Waals surface area contributed by atoms with E-state index in [9.17, 15) is 9.59 Å². The lowest BCUT2D eigenvalue weighted by Crippen LogP contribution is -2.54. The van der Waals surface area contributed by atoms with Crippen molar-refractivity contribution < 1.29 is 14.3 Å². The molecule has 0 saturated carbocycles. The first-order chi connectivity index (χ1) is 19.9. The molecule has 0 aromatic heterocycles. The Labute approximate surface area is 258 Å². The summed E-state index contributed by atoms with van der Waals surface area (Å²) in [4.78, 5) is 32.9. The second-order valence-corrected chi connectivity index (χ2v) is 12.6. The highest BCUT2D eigenvalue weighted by Gasteiger charge is 2.32. The van der Waals surface area contributed by atoms with Crippen LogP contribution in [0, 0.1) is 0 Å². The van der Waals surface area contributed by atoms with E-state index in [0.29, 0.717) is 54.3 Å². The van der Waals surface area contributed by atoms with Crippen LogP contribution in [-0.2, 0) is 11.2 Å². The fourth-order valence-corrected chi connectivity index (χ4v) is 6.81. The molecule has 3 amide bonds. The SMILES string of the molecule is O=C(N[C@H](Cc1ccc(Cl)cc1Cl)C(=O)N1CCC(c2ccc(Cl)cc2OCCN2CCCC2)CC1)N1CCCC1. The predicted molar refractivity (Wildman–Crippen MR) is 164 cm³/mol. The van der Waals surface area contributed by atoms with Crippen molar-refractivity contribution in [3.8, 4) is 5.75 Å². The zero-order valence-corrected chi connectivity index (χ0v) is 25.7. The molecular formula is C31H39Cl3N4O3. The number of benzene rings is 2. The zero-order chi connectivity index (χ0) is 28.8. The molecule has 41 heavy (non-hydrogen) atoms. The Balaban J connectivity index is 1.23. The summed E-state index contributed by atoms with van der Waals surface area (Å²) in [6.07, 6.45) is 6.41. The van der Waals surface area contributed by atoms with Crippen molar-refractivity contribution in [1.82, 2.24) is 20.0 Å². The fourth-order valence-electron chi connectivity index (χ4n) is 6.16. The molecule has 222 valence electrons. The third-order valence-electron chi connectivity index (χ3n) is 8.51. The van der Waals surface area contributed by atoms with Crippen LogP contribution in [0.5, 0.6) is 5.75 Å². The molecule has 3 heterocycles. The number of hydrogen-bond donors (Lipinski definition) is 1. The van der Waals surface area contributed by atoms with Crippen molar-refractivity contribution in [3.05, 3.63) is 62.6 Å². The average Bonchev–Trinajstić information content (AvgIpc) is 3.69. The number of rotatable bonds is 9. The first-order valence-corrected chi connectivity index (χ1v) is 15.9. The number of nitrogens with one attached hydrogen (secondary N) is 1. The van der Waals surface area contributed by atoms with E-state index in [1.54, 1.807) is 17.0 Å². The van der Waals surface area contributed by atoms with Crippen LogP contribution in [-0.4, -0.2) is 85.1 Å². The van der Waals surface area contributed by atoms with Gasteiger partial charge in [-0.05, 0) is 92.9 Å². The van der Waals surface area contributed by atoms with E-state index < -0.39 is 6.04 Å². The summed E-state index contributed by atoms with van der Waals surface area (Å²) in [6.45, 7) is 6.46. The summed E-state index contributed by atoms with van der Waals surface area (Å²) in [5, 5.41) is 4.70. The van der Waals surface area contributed by atoms with Gasteiger partial charge in [0.05, 0.1) is 0 Å². The van der Waals surface area contributed by atoms with Crippen molar-refractivity contribution in [3.63, 3.8) is 0 Å². The van der Waals surface area contributed by atoms with Crippen molar-refractivity contribution in [2.24, 2.45) is 0 Å². The third-order valence-corrected chi connectivity index (χ3v) is 9.34. The molecule has 2 aromatic carbocycles. The Kier molecular flexibility index (Phi) is 10.6. The van der Waals surface area contributed by atoms with Gasteiger partial charge in [0.15, 0.2) is 0 Å². The summed E-state index contributed by atoms with van der Waals surface area (Å²) < 4.78 is 6.24. The normalized spacial score (nSPS) is 19.0. The van der Waals surface area contributed by atoms with Gasteiger partial charge in [-0.1, -0.05) is 46.9 Å².